The SMILES string of the molecule is CC.C\C=C/C=C(\C=C/C)N(c1ccc(-c2ccccc2)cc1)c1cccc2c1-c1ccccc1C21C(c2ccccc2C)=C(C)c2ccccc21.c1ccc(Nc2ccccc2)cc1. The average molecular weight is 843 g/mol. The van der Waals surface area contributed by atoms with Crippen LogP contribution in [0.2, 0.25) is 0 Å². The minimum absolute atomic E-state index is 0.453. The lowest BCUT2D eigenvalue weighted by molar-refractivity contribution is 0.840. The van der Waals surface area contributed by atoms with Gasteiger partial charge < -0.3 is 10.2 Å². The van der Waals surface area contributed by atoms with Gasteiger partial charge in [-0.3, -0.25) is 0 Å². The second-order valence-electron chi connectivity index (χ2n) is 16.1. The molecular formula is C63H58N2. The van der Waals surface area contributed by atoms with E-state index in [1.165, 1.54) is 72.5 Å². The highest BCUT2D eigenvalue weighted by Crippen LogP contribution is 2.66. The number of nitrogens with one attached hydrogen (secondary N) is 1. The Balaban J connectivity index is 0.000000327. The molecule has 0 aliphatic heterocycles. The highest BCUT2D eigenvalue weighted by atomic mass is 15.1. The second kappa shape index (κ2) is 20.2. The molecule has 320 valence electrons. The number of nitrogens with zero attached hydrogens (tertiary/aromatic N) is 1. The summed E-state index contributed by atoms with van der Waals surface area (Å²) in [4.78, 5) is 2.44. The summed E-state index contributed by atoms with van der Waals surface area (Å²) in [6, 6.07) is 74.0. The standard InChI is InChI=1S/C49H41N.C12H11N.C2H6/c1-5-7-22-38(18-6-2)50(39-32-30-37(31-33-39)36-20-9-8-10-21-36)46-29-17-28-45-47(46)42-25-14-16-27-44(42)49(45)43-26-15-13-24-41(43)35(4)48(49)40-23-12-11-19-34(40)3;1-3-7-11(8-4-1)13-12-9-5-2-6-10-12;1-2/h5-33H,1-4H3;1-10,13H;1-2H3/b7-5-,18-6-,38-22+;;. The molecule has 2 nitrogen and oxygen atoms in total. The van der Waals surface area contributed by atoms with E-state index in [2.05, 4.69) is 214 Å². The van der Waals surface area contributed by atoms with Crippen LogP contribution in [-0.4, -0.2) is 0 Å². The lowest BCUT2D eigenvalue weighted by atomic mass is 9.67. The van der Waals surface area contributed by atoms with Crippen LogP contribution in [0.4, 0.5) is 22.7 Å². The summed E-state index contributed by atoms with van der Waals surface area (Å²) in [7, 11) is 0. The Kier molecular flexibility index (Phi) is 13.7. The van der Waals surface area contributed by atoms with Gasteiger partial charge in [0.15, 0.2) is 0 Å². The van der Waals surface area contributed by atoms with Crippen molar-refractivity contribution in [1.29, 1.82) is 0 Å². The fraction of sp³-hybridized carbons (Fsp3) is 0.111. The van der Waals surface area contributed by atoms with Gasteiger partial charge in [-0.05, 0) is 144 Å². The van der Waals surface area contributed by atoms with Crippen LogP contribution in [0.25, 0.3) is 33.4 Å². The van der Waals surface area contributed by atoms with Crippen molar-refractivity contribution < 1.29 is 0 Å². The molecule has 2 heteroatoms. The molecule has 0 saturated carbocycles. The Bertz CT molecular complexity index is 2950. The van der Waals surface area contributed by atoms with Gasteiger partial charge >= 0.3 is 0 Å². The maximum Gasteiger partial charge on any atom is 0.0728 e. The maximum atomic E-state index is 3.30. The minimum atomic E-state index is -0.453. The first-order valence-corrected chi connectivity index (χ1v) is 22.9. The number of benzene rings is 8. The van der Waals surface area contributed by atoms with Crippen molar-refractivity contribution in [1.82, 2.24) is 0 Å². The Morgan fingerprint density at radius 2 is 0.985 bits per heavy atom. The van der Waals surface area contributed by atoms with E-state index in [4.69, 9.17) is 0 Å². The molecule has 10 rings (SSSR count). The molecule has 8 aromatic rings. The predicted molar refractivity (Wildman–Crippen MR) is 281 cm³/mol. The molecule has 1 atom stereocenters. The summed E-state index contributed by atoms with van der Waals surface area (Å²) < 4.78 is 0. The van der Waals surface area contributed by atoms with Crippen molar-refractivity contribution in [3.63, 3.8) is 0 Å². The van der Waals surface area contributed by atoms with Crippen LogP contribution in [0.15, 0.2) is 242 Å². The number of hydrogen-bond acceptors (Lipinski definition) is 2. The van der Waals surface area contributed by atoms with Crippen LogP contribution in [-0.2, 0) is 5.41 Å². The van der Waals surface area contributed by atoms with Gasteiger partial charge in [0.2, 0.25) is 0 Å². The monoisotopic (exact) mass is 842 g/mol. The number of rotatable bonds is 9. The predicted octanol–water partition coefficient (Wildman–Crippen LogP) is 17.6. The van der Waals surface area contributed by atoms with Gasteiger partial charge in [0.05, 0.1) is 11.1 Å². The number of para-hydroxylation sites is 2. The fourth-order valence-electron chi connectivity index (χ4n) is 9.64. The molecule has 0 radical (unpaired) electrons. The van der Waals surface area contributed by atoms with Gasteiger partial charge in [0.1, 0.15) is 0 Å². The van der Waals surface area contributed by atoms with Gasteiger partial charge in [-0.15, -0.1) is 0 Å². The lowest BCUT2D eigenvalue weighted by Gasteiger charge is -2.34. The zero-order valence-corrected chi connectivity index (χ0v) is 38.5. The van der Waals surface area contributed by atoms with E-state index in [1.807, 2.05) is 74.5 Å². The number of fused-ring (bicyclic) bond motifs is 7. The van der Waals surface area contributed by atoms with Crippen LogP contribution in [0.1, 0.15) is 68.0 Å². The van der Waals surface area contributed by atoms with Gasteiger partial charge in [-0.25, -0.2) is 0 Å². The van der Waals surface area contributed by atoms with E-state index in [9.17, 15) is 0 Å². The molecule has 2 aliphatic rings. The minimum Gasteiger partial charge on any atom is -0.356 e. The molecule has 1 unspecified atom stereocenters. The zero-order valence-electron chi connectivity index (χ0n) is 38.5. The van der Waals surface area contributed by atoms with E-state index in [0.29, 0.717) is 0 Å². The summed E-state index contributed by atoms with van der Waals surface area (Å²) >= 11 is 0. The van der Waals surface area contributed by atoms with Crippen molar-refractivity contribution in [2.75, 3.05) is 10.2 Å². The Morgan fingerprint density at radius 1 is 0.477 bits per heavy atom. The third-order valence-corrected chi connectivity index (χ3v) is 12.3. The summed E-state index contributed by atoms with van der Waals surface area (Å²) in [5.74, 6) is 0. The quantitative estimate of drug-likeness (QED) is 0.146. The van der Waals surface area contributed by atoms with Crippen molar-refractivity contribution in [2.24, 2.45) is 0 Å². The molecule has 65 heavy (non-hydrogen) atoms. The normalized spacial score (nSPS) is 14.6. The average Bonchev–Trinajstić information content (AvgIpc) is 3.81. The van der Waals surface area contributed by atoms with Gasteiger partial charge in [0.25, 0.3) is 0 Å². The van der Waals surface area contributed by atoms with E-state index in [0.717, 1.165) is 22.8 Å². The topological polar surface area (TPSA) is 15.3 Å². The largest absolute Gasteiger partial charge is 0.356 e. The van der Waals surface area contributed by atoms with E-state index in [-0.39, 0.29) is 0 Å². The number of allylic oxidation sites excluding steroid dienone is 7. The van der Waals surface area contributed by atoms with Crippen LogP contribution < -0.4 is 10.2 Å². The number of hydrogen-bond donors (Lipinski definition) is 1. The van der Waals surface area contributed by atoms with E-state index >= 15 is 0 Å². The Labute approximate surface area is 387 Å². The van der Waals surface area contributed by atoms with Gasteiger partial charge in [0, 0.05) is 28.3 Å². The Morgan fingerprint density at radius 3 is 1.58 bits per heavy atom. The lowest BCUT2D eigenvalue weighted by Crippen LogP contribution is -2.27. The van der Waals surface area contributed by atoms with E-state index < -0.39 is 5.41 Å². The van der Waals surface area contributed by atoms with E-state index in [1.54, 1.807) is 0 Å². The third kappa shape index (κ3) is 8.44. The van der Waals surface area contributed by atoms with Crippen molar-refractivity contribution >= 4 is 33.9 Å². The molecular weight excluding hydrogens is 785 g/mol. The Hall–Kier alpha value is -7.68. The van der Waals surface area contributed by atoms with Crippen LogP contribution in [0, 0.1) is 6.92 Å². The van der Waals surface area contributed by atoms with Gasteiger partial charge in [-0.1, -0.05) is 196 Å². The molecule has 8 aromatic carbocycles. The second-order valence-corrected chi connectivity index (χ2v) is 16.1. The fourth-order valence-corrected chi connectivity index (χ4v) is 9.64. The summed E-state index contributed by atoms with van der Waals surface area (Å²) in [5, 5.41) is 3.30. The van der Waals surface area contributed by atoms with Crippen LogP contribution in [0.5, 0.6) is 0 Å². The van der Waals surface area contributed by atoms with Crippen molar-refractivity contribution in [2.45, 2.75) is 47.0 Å². The third-order valence-electron chi connectivity index (χ3n) is 12.3. The summed E-state index contributed by atoms with van der Waals surface area (Å²) in [5.41, 5.74) is 20.8. The highest BCUT2D eigenvalue weighted by Gasteiger charge is 2.53. The maximum absolute atomic E-state index is 3.30. The first-order valence-electron chi connectivity index (χ1n) is 22.9. The van der Waals surface area contributed by atoms with Crippen LogP contribution >= 0.6 is 0 Å². The molecule has 0 aromatic heterocycles. The molecule has 0 bridgehead atoms. The highest BCUT2D eigenvalue weighted by molar-refractivity contribution is 6.11. The van der Waals surface area contributed by atoms with Crippen molar-refractivity contribution in [3.05, 3.63) is 276 Å². The molecule has 0 heterocycles. The molecule has 2 aliphatic carbocycles. The first-order chi connectivity index (χ1) is 32.0. The summed E-state index contributed by atoms with van der Waals surface area (Å²) in [6.45, 7) is 12.7. The van der Waals surface area contributed by atoms with Crippen molar-refractivity contribution in [3.8, 4) is 22.3 Å². The molecule has 0 amide bonds. The van der Waals surface area contributed by atoms with Crippen LogP contribution in [0.3, 0.4) is 0 Å². The zero-order chi connectivity index (χ0) is 45.2. The molecule has 0 saturated heterocycles. The molecule has 1 spiro atoms. The first kappa shape index (κ1) is 43.9. The smallest absolute Gasteiger partial charge is 0.0728 e. The molecule has 0 fully saturated rings. The van der Waals surface area contributed by atoms with Gasteiger partial charge in [-0.2, -0.15) is 0 Å². The molecule has 1 N–H and O–H groups in total. The number of aryl methyl sites for hydroxylation is 1. The number of anilines is 4. The summed E-state index contributed by atoms with van der Waals surface area (Å²) in [6.07, 6.45) is 10.8.